The minimum atomic E-state index is -1.37. The first kappa shape index (κ1) is 22.5. The molecule has 0 saturated carbocycles. The van der Waals surface area contributed by atoms with Gasteiger partial charge in [-0.3, -0.25) is 10.1 Å². The van der Waals surface area contributed by atoms with Crippen molar-refractivity contribution in [3.05, 3.63) is 94.5 Å². The van der Waals surface area contributed by atoms with E-state index in [1.807, 2.05) is 30.3 Å². The first-order chi connectivity index (χ1) is 14.8. The number of nitrogens with one attached hydrogen (secondary N) is 1. The van der Waals surface area contributed by atoms with Gasteiger partial charge >= 0.3 is 5.97 Å². The van der Waals surface area contributed by atoms with Crippen molar-refractivity contribution in [1.29, 1.82) is 0 Å². The number of aliphatic hydroxyl groups is 1. The highest BCUT2D eigenvalue weighted by Crippen LogP contribution is 2.27. The summed E-state index contributed by atoms with van der Waals surface area (Å²) in [6.07, 6.45) is 4.22. The fraction of sp³-hybridized carbons (Fsp3) is 0.222. The zero-order valence-electron chi connectivity index (χ0n) is 18.2. The van der Waals surface area contributed by atoms with Gasteiger partial charge in [-0.2, -0.15) is 0 Å². The second kappa shape index (κ2) is 9.73. The van der Waals surface area contributed by atoms with Crippen LogP contribution >= 0.6 is 0 Å². The predicted molar refractivity (Wildman–Crippen MR) is 127 cm³/mol. The number of aliphatic hydroxyl groups excluding tert-OH is 1. The summed E-state index contributed by atoms with van der Waals surface area (Å²) in [6.45, 7) is 5.55. The fourth-order valence-electron chi connectivity index (χ4n) is 3.42. The van der Waals surface area contributed by atoms with Crippen molar-refractivity contribution >= 4 is 18.1 Å². The van der Waals surface area contributed by atoms with Crippen LogP contribution in [0, 0.1) is 13.8 Å². The van der Waals surface area contributed by atoms with Gasteiger partial charge in [0.2, 0.25) is 0 Å². The number of carbonyl (C=O) groups is 1. The van der Waals surface area contributed by atoms with Crippen LogP contribution in [0.3, 0.4) is 0 Å². The second-order valence-electron chi connectivity index (χ2n) is 8.06. The topological polar surface area (TPSA) is 69.6 Å². The molecule has 3 aromatic rings. The van der Waals surface area contributed by atoms with Gasteiger partial charge in [-0.25, -0.2) is 0 Å². The average Bonchev–Trinajstić information content (AvgIpc) is 2.78. The molecular weight excluding hydrogens is 386 g/mol. The maximum absolute atomic E-state index is 11.4. The quantitative estimate of drug-likeness (QED) is 0.450. The average molecular weight is 416 g/mol. The third kappa shape index (κ3) is 5.29. The molecule has 0 aliphatic rings. The molecular formula is C27H29NO3. The Morgan fingerprint density at radius 3 is 2.35 bits per heavy atom. The Balaban J connectivity index is 1.83. The molecule has 0 bridgehead atoms. The lowest BCUT2D eigenvalue weighted by Gasteiger charge is -2.24. The van der Waals surface area contributed by atoms with Crippen LogP contribution in [0.25, 0.3) is 23.3 Å². The molecule has 3 aromatic carbocycles. The van der Waals surface area contributed by atoms with E-state index in [0.717, 1.165) is 22.3 Å². The molecule has 0 spiro atoms. The molecule has 0 aliphatic carbocycles. The van der Waals surface area contributed by atoms with Crippen molar-refractivity contribution in [1.82, 2.24) is 5.32 Å². The molecule has 0 aromatic heterocycles. The van der Waals surface area contributed by atoms with Crippen LogP contribution in [-0.4, -0.2) is 28.3 Å². The Morgan fingerprint density at radius 2 is 1.68 bits per heavy atom. The molecule has 0 aliphatic heterocycles. The van der Waals surface area contributed by atoms with Gasteiger partial charge in [-0.1, -0.05) is 78.9 Å². The van der Waals surface area contributed by atoms with Crippen LogP contribution < -0.4 is 5.32 Å². The van der Waals surface area contributed by atoms with E-state index in [9.17, 15) is 15.0 Å². The Kier molecular flexibility index (Phi) is 7.06. The van der Waals surface area contributed by atoms with Crippen molar-refractivity contribution in [2.45, 2.75) is 32.9 Å². The normalized spacial score (nSPS) is 13.3. The van der Waals surface area contributed by atoms with Crippen LogP contribution in [0.15, 0.2) is 66.7 Å². The van der Waals surface area contributed by atoms with Gasteiger partial charge in [0.15, 0.2) is 0 Å². The lowest BCUT2D eigenvalue weighted by Crippen LogP contribution is -2.52. The summed E-state index contributed by atoms with van der Waals surface area (Å²) < 4.78 is 0. The summed E-state index contributed by atoms with van der Waals surface area (Å²) in [6, 6.07) is 22.7. The molecule has 160 valence electrons. The molecule has 1 atom stereocenters. The number of aryl methyl sites for hydroxylation is 1. The minimum Gasteiger partial charge on any atom is -0.480 e. The van der Waals surface area contributed by atoms with Gasteiger partial charge in [0.1, 0.15) is 5.54 Å². The van der Waals surface area contributed by atoms with Gasteiger partial charge in [-0.05, 0) is 59.7 Å². The molecule has 4 heteroatoms. The molecule has 0 heterocycles. The Bertz CT molecular complexity index is 1090. The summed E-state index contributed by atoms with van der Waals surface area (Å²) in [7, 11) is 0. The number of carboxylic acid groups (broad SMARTS) is 1. The SMILES string of the molecule is Cc1ccc(CNC(C)(CO)C(=O)O)cc1/C=C/c1cccc(-c2ccccc2)c1C. The number of carboxylic acids is 1. The Hall–Kier alpha value is -3.21. The van der Waals surface area contributed by atoms with Crippen LogP contribution in [0.2, 0.25) is 0 Å². The lowest BCUT2D eigenvalue weighted by atomic mass is 9.95. The molecule has 0 radical (unpaired) electrons. The highest BCUT2D eigenvalue weighted by atomic mass is 16.4. The second-order valence-corrected chi connectivity index (χ2v) is 8.06. The van der Waals surface area contributed by atoms with E-state index >= 15 is 0 Å². The molecule has 1 unspecified atom stereocenters. The van der Waals surface area contributed by atoms with Crippen LogP contribution in [0.4, 0.5) is 0 Å². The molecule has 3 N–H and O–H groups in total. The summed E-state index contributed by atoms with van der Waals surface area (Å²) in [5, 5.41) is 21.7. The van der Waals surface area contributed by atoms with E-state index in [1.165, 1.54) is 23.6 Å². The van der Waals surface area contributed by atoms with Crippen molar-refractivity contribution in [3.63, 3.8) is 0 Å². The third-order valence-corrected chi connectivity index (χ3v) is 5.72. The number of hydrogen-bond donors (Lipinski definition) is 3. The maximum Gasteiger partial charge on any atom is 0.326 e. The summed E-state index contributed by atoms with van der Waals surface area (Å²) in [4.78, 5) is 11.4. The number of hydrogen-bond acceptors (Lipinski definition) is 3. The summed E-state index contributed by atoms with van der Waals surface area (Å²) in [5.41, 5.74) is 6.60. The Morgan fingerprint density at radius 1 is 0.968 bits per heavy atom. The highest BCUT2D eigenvalue weighted by Gasteiger charge is 2.31. The first-order valence-corrected chi connectivity index (χ1v) is 10.4. The summed E-state index contributed by atoms with van der Waals surface area (Å²) >= 11 is 0. The monoisotopic (exact) mass is 415 g/mol. The highest BCUT2D eigenvalue weighted by molar-refractivity contribution is 5.79. The third-order valence-electron chi connectivity index (χ3n) is 5.72. The van der Waals surface area contributed by atoms with Gasteiger partial charge < -0.3 is 10.2 Å². The van der Waals surface area contributed by atoms with Crippen molar-refractivity contribution < 1.29 is 15.0 Å². The minimum absolute atomic E-state index is 0.354. The zero-order chi connectivity index (χ0) is 22.4. The standard InChI is InChI=1S/C27H29NO3/c1-19-12-13-21(17-28-27(3,18-29)26(30)31)16-24(19)15-14-22-10-7-11-25(20(22)2)23-8-5-4-6-9-23/h4-16,28-29H,17-18H2,1-3H3,(H,30,31)/b15-14+. The van der Waals surface area contributed by atoms with E-state index in [-0.39, 0.29) is 0 Å². The van der Waals surface area contributed by atoms with Crippen LogP contribution in [0.1, 0.15) is 34.7 Å². The number of aliphatic carboxylic acids is 1. The largest absolute Gasteiger partial charge is 0.480 e. The van der Waals surface area contributed by atoms with Gasteiger partial charge in [0.25, 0.3) is 0 Å². The predicted octanol–water partition coefficient (Wildman–Crippen LogP) is 5.07. The molecule has 0 saturated heterocycles. The van der Waals surface area contributed by atoms with Crippen LogP contribution in [0.5, 0.6) is 0 Å². The molecule has 4 nitrogen and oxygen atoms in total. The molecule has 0 fully saturated rings. The first-order valence-electron chi connectivity index (χ1n) is 10.4. The molecule has 0 amide bonds. The summed E-state index contributed by atoms with van der Waals surface area (Å²) in [5.74, 6) is -1.07. The molecule has 31 heavy (non-hydrogen) atoms. The van der Waals surface area contributed by atoms with Crippen molar-refractivity contribution in [2.75, 3.05) is 6.61 Å². The van der Waals surface area contributed by atoms with Crippen molar-refractivity contribution in [3.8, 4) is 11.1 Å². The number of benzene rings is 3. The number of rotatable bonds is 8. The van der Waals surface area contributed by atoms with E-state index in [2.05, 4.69) is 67.7 Å². The van der Waals surface area contributed by atoms with E-state index in [4.69, 9.17) is 0 Å². The lowest BCUT2D eigenvalue weighted by molar-refractivity contribution is -0.145. The van der Waals surface area contributed by atoms with E-state index < -0.39 is 18.1 Å². The zero-order valence-corrected chi connectivity index (χ0v) is 18.2. The molecule has 3 rings (SSSR count). The van der Waals surface area contributed by atoms with Crippen LogP contribution in [-0.2, 0) is 11.3 Å². The fourth-order valence-corrected chi connectivity index (χ4v) is 3.42. The Labute approximate surface area is 183 Å². The van der Waals surface area contributed by atoms with Crippen molar-refractivity contribution in [2.24, 2.45) is 0 Å². The van der Waals surface area contributed by atoms with Gasteiger partial charge in [-0.15, -0.1) is 0 Å². The van der Waals surface area contributed by atoms with Gasteiger partial charge in [0, 0.05) is 6.54 Å². The van der Waals surface area contributed by atoms with E-state index in [0.29, 0.717) is 6.54 Å². The van der Waals surface area contributed by atoms with E-state index in [1.54, 1.807) is 0 Å². The van der Waals surface area contributed by atoms with Gasteiger partial charge in [0.05, 0.1) is 6.61 Å². The maximum atomic E-state index is 11.4. The smallest absolute Gasteiger partial charge is 0.326 e.